The smallest absolute Gasteiger partial charge is 0.146 e. The van der Waals surface area contributed by atoms with Crippen molar-refractivity contribution < 1.29 is 0 Å². The number of nitrogens with zero attached hydrogens (tertiary/aromatic N) is 3. The number of likely N-dealkylation sites (N-methyl/N-ethyl adjacent to an activating group) is 1. The Morgan fingerprint density at radius 2 is 2.29 bits per heavy atom. The van der Waals surface area contributed by atoms with Crippen LogP contribution >= 0.6 is 15.9 Å². The van der Waals surface area contributed by atoms with Gasteiger partial charge in [-0.15, -0.1) is 0 Å². The van der Waals surface area contributed by atoms with Gasteiger partial charge >= 0.3 is 0 Å². The summed E-state index contributed by atoms with van der Waals surface area (Å²) in [6.07, 6.45) is 2.63. The molecule has 78 valence electrons. The lowest BCUT2D eigenvalue weighted by atomic mass is 10.4. The van der Waals surface area contributed by atoms with Crippen LogP contribution in [0, 0.1) is 0 Å². The largest absolute Gasteiger partial charge is 0.357 e. The van der Waals surface area contributed by atoms with Crippen LogP contribution in [0.5, 0.6) is 0 Å². The first-order valence-electron chi connectivity index (χ1n) is 4.61. The molecule has 1 rings (SSSR count). The maximum atomic E-state index is 5.49. The third kappa shape index (κ3) is 2.65. The first-order valence-corrected chi connectivity index (χ1v) is 5.41. The van der Waals surface area contributed by atoms with Crippen LogP contribution in [0.2, 0.25) is 0 Å². The molecule has 1 heterocycles. The van der Waals surface area contributed by atoms with Gasteiger partial charge in [0.05, 0.1) is 4.47 Å². The highest BCUT2D eigenvalue weighted by Crippen LogP contribution is 2.21. The van der Waals surface area contributed by atoms with Crippen molar-refractivity contribution in [1.82, 2.24) is 9.97 Å². The molecule has 14 heavy (non-hydrogen) atoms. The molecule has 0 spiro atoms. The fourth-order valence-electron chi connectivity index (χ4n) is 1.13. The molecule has 1 aromatic heterocycles. The van der Waals surface area contributed by atoms with Crippen molar-refractivity contribution in [2.45, 2.75) is 13.3 Å². The van der Waals surface area contributed by atoms with Gasteiger partial charge in [0, 0.05) is 32.8 Å². The highest BCUT2D eigenvalue weighted by molar-refractivity contribution is 9.10. The summed E-state index contributed by atoms with van der Waals surface area (Å²) in [5.41, 5.74) is 5.49. The van der Waals surface area contributed by atoms with Gasteiger partial charge in [-0.05, 0) is 15.9 Å². The van der Waals surface area contributed by atoms with E-state index in [-0.39, 0.29) is 0 Å². The zero-order chi connectivity index (χ0) is 10.6. The first kappa shape index (κ1) is 11.4. The second-order valence-electron chi connectivity index (χ2n) is 3.02. The lowest BCUT2D eigenvalue weighted by molar-refractivity contribution is 0.839. The Morgan fingerprint density at radius 3 is 2.86 bits per heavy atom. The summed E-state index contributed by atoms with van der Waals surface area (Å²) in [6.45, 7) is 3.45. The van der Waals surface area contributed by atoms with E-state index in [4.69, 9.17) is 5.73 Å². The molecular formula is C9H15BrN4. The molecule has 0 unspecified atom stereocenters. The topological polar surface area (TPSA) is 55.0 Å². The molecule has 0 aliphatic carbocycles. The van der Waals surface area contributed by atoms with Crippen LogP contribution in [0.3, 0.4) is 0 Å². The van der Waals surface area contributed by atoms with E-state index in [0.29, 0.717) is 6.54 Å². The van der Waals surface area contributed by atoms with Gasteiger partial charge < -0.3 is 10.6 Å². The predicted molar refractivity (Wildman–Crippen MR) is 61.4 cm³/mol. The van der Waals surface area contributed by atoms with Crippen LogP contribution in [-0.2, 0) is 6.42 Å². The second kappa shape index (κ2) is 5.26. The lowest BCUT2D eigenvalue weighted by Crippen LogP contribution is -2.26. The van der Waals surface area contributed by atoms with Gasteiger partial charge in [-0.3, -0.25) is 0 Å². The molecule has 0 amide bonds. The number of aryl methyl sites for hydroxylation is 1. The van der Waals surface area contributed by atoms with Crippen LogP contribution in [0.4, 0.5) is 5.82 Å². The zero-order valence-corrected chi connectivity index (χ0v) is 10.1. The Morgan fingerprint density at radius 1 is 1.57 bits per heavy atom. The fourth-order valence-corrected chi connectivity index (χ4v) is 1.62. The van der Waals surface area contributed by atoms with Crippen LogP contribution in [-0.4, -0.2) is 30.1 Å². The Balaban J connectivity index is 2.93. The Hall–Kier alpha value is -0.680. The fraction of sp³-hybridized carbons (Fsp3) is 0.556. The van der Waals surface area contributed by atoms with Crippen LogP contribution in [0.25, 0.3) is 0 Å². The quantitative estimate of drug-likeness (QED) is 0.882. The Kier molecular flexibility index (Phi) is 4.28. The van der Waals surface area contributed by atoms with Crippen molar-refractivity contribution in [2.75, 3.05) is 25.0 Å². The minimum Gasteiger partial charge on any atom is -0.357 e. The first-order chi connectivity index (χ1) is 6.69. The van der Waals surface area contributed by atoms with E-state index < -0.39 is 0 Å². The van der Waals surface area contributed by atoms with E-state index in [2.05, 4.69) is 25.9 Å². The van der Waals surface area contributed by atoms with Crippen molar-refractivity contribution in [3.05, 3.63) is 16.5 Å². The molecule has 0 aromatic carbocycles. The summed E-state index contributed by atoms with van der Waals surface area (Å²) in [7, 11) is 1.97. The molecule has 0 atom stereocenters. The van der Waals surface area contributed by atoms with E-state index in [1.807, 2.05) is 18.9 Å². The van der Waals surface area contributed by atoms with E-state index in [9.17, 15) is 0 Å². The molecule has 1 aromatic rings. The summed E-state index contributed by atoms with van der Waals surface area (Å²) in [6, 6.07) is 0. The number of hydrogen-bond donors (Lipinski definition) is 1. The van der Waals surface area contributed by atoms with Gasteiger partial charge in [-0.25, -0.2) is 9.97 Å². The normalized spacial score (nSPS) is 10.3. The number of aromatic nitrogens is 2. The highest BCUT2D eigenvalue weighted by atomic mass is 79.9. The molecule has 0 saturated heterocycles. The van der Waals surface area contributed by atoms with Crippen molar-refractivity contribution in [1.29, 1.82) is 0 Å². The third-order valence-corrected chi connectivity index (χ3v) is 2.48. The molecule has 0 radical (unpaired) electrons. The Bertz CT molecular complexity index is 303. The van der Waals surface area contributed by atoms with Gasteiger partial charge in [0.15, 0.2) is 0 Å². The molecule has 2 N–H and O–H groups in total. The lowest BCUT2D eigenvalue weighted by Gasteiger charge is -2.18. The number of halogens is 1. The minimum absolute atomic E-state index is 0.619. The molecule has 0 saturated carbocycles. The Labute approximate surface area is 92.7 Å². The summed E-state index contributed by atoms with van der Waals surface area (Å²) in [4.78, 5) is 10.6. The van der Waals surface area contributed by atoms with Crippen LogP contribution in [0.15, 0.2) is 10.7 Å². The van der Waals surface area contributed by atoms with Crippen molar-refractivity contribution in [3.8, 4) is 0 Å². The molecule has 0 aliphatic heterocycles. The van der Waals surface area contributed by atoms with Crippen LogP contribution < -0.4 is 10.6 Å². The van der Waals surface area contributed by atoms with Gasteiger partial charge in [-0.2, -0.15) is 0 Å². The van der Waals surface area contributed by atoms with E-state index in [0.717, 1.165) is 29.1 Å². The van der Waals surface area contributed by atoms with Gasteiger partial charge in [-0.1, -0.05) is 6.92 Å². The maximum absolute atomic E-state index is 5.49. The summed E-state index contributed by atoms with van der Waals surface area (Å²) in [5.74, 6) is 1.76. The van der Waals surface area contributed by atoms with Gasteiger partial charge in [0.1, 0.15) is 11.6 Å². The molecular weight excluding hydrogens is 244 g/mol. The average Bonchev–Trinajstić information content (AvgIpc) is 2.19. The molecule has 0 aliphatic rings. The molecule has 4 nitrogen and oxygen atoms in total. The number of anilines is 1. The number of rotatable bonds is 4. The summed E-state index contributed by atoms with van der Waals surface area (Å²) in [5, 5.41) is 0. The zero-order valence-electron chi connectivity index (χ0n) is 8.50. The average molecular weight is 259 g/mol. The van der Waals surface area contributed by atoms with E-state index in [1.54, 1.807) is 6.20 Å². The number of nitrogens with two attached hydrogens (primary N) is 1. The van der Waals surface area contributed by atoms with E-state index >= 15 is 0 Å². The third-order valence-electron chi connectivity index (χ3n) is 1.92. The van der Waals surface area contributed by atoms with Crippen molar-refractivity contribution in [3.63, 3.8) is 0 Å². The minimum atomic E-state index is 0.619. The number of hydrogen-bond acceptors (Lipinski definition) is 4. The highest BCUT2D eigenvalue weighted by Gasteiger charge is 2.08. The predicted octanol–water partition coefficient (Wildman–Crippen LogP) is 1.20. The standard InChI is InChI=1S/C9H15BrN4/c1-3-8-12-6-7(10)9(13-8)14(2)5-4-11/h6H,3-5,11H2,1-2H3. The molecule has 0 fully saturated rings. The van der Waals surface area contributed by atoms with Crippen LogP contribution in [0.1, 0.15) is 12.7 Å². The van der Waals surface area contributed by atoms with E-state index in [1.165, 1.54) is 0 Å². The molecule has 5 heteroatoms. The maximum Gasteiger partial charge on any atom is 0.146 e. The second-order valence-corrected chi connectivity index (χ2v) is 3.88. The van der Waals surface area contributed by atoms with Crippen molar-refractivity contribution >= 4 is 21.7 Å². The molecule has 0 bridgehead atoms. The van der Waals surface area contributed by atoms with Gasteiger partial charge in [0.2, 0.25) is 0 Å². The monoisotopic (exact) mass is 258 g/mol. The van der Waals surface area contributed by atoms with Crippen molar-refractivity contribution in [2.24, 2.45) is 5.73 Å². The SMILES string of the molecule is CCc1ncc(Br)c(N(C)CCN)n1. The summed E-state index contributed by atoms with van der Waals surface area (Å²) >= 11 is 3.42. The summed E-state index contributed by atoms with van der Waals surface area (Å²) < 4.78 is 0.908. The van der Waals surface area contributed by atoms with Gasteiger partial charge in [0.25, 0.3) is 0 Å².